The summed E-state index contributed by atoms with van der Waals surface area (Å²) < 4.78 is 0. The largest absolute Gasteiger partial charge is 0.129 e. The van der Waals surface area contributed by atoms with E-state index in [-0.39, 0.29) is 10.8 Å². The Morgan fingerprint density at radius 1 is 0.741 bits per heavy atom. The van der Waals surface area contributed by atoms with Crippen molar-refractivity contribution in [2.45, 2.75) is 72.1 Å². The van der Waals surface area contributed by atoms with Crippen molar-refractivity contribution in [1.82, 2.24) is 0 Å². The summed E-state index contributed by atoms with van der Waals surface area (Å²) in [5.41, 5.74) is 7.12. The van der Waals surface area contributed by atoms with Gasteiger partial charge in [0.05, 0.1) is 0 Å². The first-order valence-corrected chi connectivity index (χ1v) is 11.4. The van der Waals surface area contributed by atoms with Gasteiger partial charge < -0.3 is 0 Å². The van der Waals surface area contributed by atoms with Gasteiger partial charge in [-0.3, -0.25) is 0 Å². The maximum absolute atomic E-state index is 3.12. The molecule has 5 atom stereocenters. The molecule has 0 aromatic heterocycles. The Hall–Kier alpha value is -0.700. The highest BCUT2D eigenvalue weighted by Gasteiger charge is 2.30. The molecule has 2 aromatic carbocycles. The van der Waals surface area contributed by atoms with Gasteiger partial charge in [-0.25, -0.2) is 0 Å². The lowest BCUT2D eigenvalue weighted by molar-refractivity contribution is 0.381. The van der Waals surface area contributed by atoms with E-state index in [1.165, 1.54) is 22.3 Å². The van der Waals surface area contributed by atoms with Crippen LogP contribution in [0.15, 0.2) is 48.5 Å². The molecule has 0 saturated carbocycles. The van der Waals surface area contributed by atoms with Gasteiger partial charge in [-0.2, -0.15) is 0 Å². The zero-order valence-electron chi connectivity index (χ0n) is 18.2. The predicted octanol–water partition coefficient (Wildman–Crippen LogP) is 7.96. The zero-order chi connectivity index (χ0) is 20.4. The Morgan fingerprint density at radius 3 is 1.78 bits per heavy atom. The van der Waals surface area contributed by atoms with Crippen LogP contribution in [0.5, 0.6) is 0 Å². The number of benzene rings is 2. The van der Waals surface area contributed by atoms with Crippen LogP contribution in [0.2, 0.25) is 0 Å². The maximum Gasteiger partial charge on any atom is 0.00368 e. The molecule has 0 bridgehead atoms. The summed E-state index contributed by atoms with van der Waals surface area (Å²) in [6.45, 7) is 16.3. The van der Waals surface area contributed by atoms with Crippen LogP contribution >= 0.6 is 18.5 Å². The van der Waals surface area contributed by atoms with Crippen LogP contribution in [0.3, 0.4) is 0 Å². The standard InChI is InChI=1S/C25H38P2/c1-17(15-18-11-9-8-10-12-18)19-13-14-20(22(26)24(2,3)4)21(16-19)23(27)25(5,6)7/h8-14,16-17,22-23H,15,26-27H2,1-7H3. The second-order valence-electron chi connectivity index (χ2n) is 10.2. The molecular weight excluding hydrogens is 362 g/mol. The van der Waals surface area contributed by atoms with Crippen molar-refractivity contribution in [3.8, 4) is 0 Å². The molecular formula is C25H38P2. The lowest BCUT2D eigenvalue weighted by Crippen LogP contribution is -2.19. The van der Waals surface area contributed by atoms with Gasteiger partial charge in [0.15, 0.2) is 0 Å². The Bertz CT molecular complexity index is 735. The van der Waals surface area contributed by atoms with E-state index in [9.17, 15) is 0 Å². The quantitative estimate of drug-likeness (QED) is 0.447. The third-order valence-corrected chi connectivity index (χ3v) is 8.32. The predicted molar refractivity (Wildman–Crippen MR) is 129 cm³/mol. The number of hydrogen-bond acceptors (Lipinski definition) is 0. The average Bonchev–Trinajstić information content (AvgIpc) is 2.59. The molecule has 5 unspecified atom stereocenters. The Balaban J connectivity index is 2.44. The molecule has 0 heterocycles. The smallest absolute Gasteiger partial charge is 0.00368 e. The molecule has 0 radical (unpaired) electrons. The number of rotatable bonds is 5. The molecule has 0 fully saturated rings. The highest BCUT2D eigenvalue weighted by Crippen LogP contribution is 2.49. The Morgan fingerprint density at radius 2 is 1.26 bits per heavy atom. The first-order valence-electron chi connectivity index (χ1n) is 10.1. The minimum Gasteiger partial charge on any atom is -0.129 e. The van der Waals surface area contributed by atoms with Crippen LogP contribution in [0.25, 0.3) is 0 Å². The molecule has 148 valence electrons. The van der Waals surface area contributed by atoms with Gasteiger partial charge >= 0.3 is 0 Å². The normalized spacial score (nSPS) is 16.0. The molecule has 0 aliphatic rings. The van der Waals surface area contributed by atoms with Crippen molar-refractivity contribution >= 4 is 18.5 Å². The fourth-order valence-corrected chi connectivity index (χ4v) is 4.06. The van der Waals surface area contributed by atoms with Crippen molar-refractivity contribution in [2.75, 3.05) is 0 Å². The summed E-state index contributed by atoms with van der Waals surface area (Å²) in [5, 5.41) is 0. The molecule has 0 nitrogen and oxygen atoms in total. The summed E-state index contributed by atoms with van der Waals surface area (Å²) in [6.07, 6.45) is 1.08. The van der Waals surface area contributed by atoms with E-state index >= 15 is 0 Å². The van der Waals surface area contributed by atoms with E-state index in [1.807, 2.05) is 0 Å². The second-order valence-corrected chi connectivity index (χ2v) is 11.5. The monoisotopic (exact) mass is 400 g/mol. The van der Waals surface area contributed by atoms with Gasteiger partial charge in [-0.15, -0.1) is 18.5 Å². The second kappa shape index (κ2) is 8.76. The summed E-state index contributed by atoms with van der Waals surface area (Å²) >= 11 is 0. The molecule has 2 aromatic rings. The molecule has 2 heteroatoms. The Kier molecular flexibility index (Phi) is 7.33. The van der Waals surface area contributed by atoms with Crippen LogP contribution in [-0.4, -0.2) is 0 Å². The van der Waals surface area contributed by atoms with E-state index in [4.69, 9.17) is 0 Å². The van der Waals surface area contributed by atoms with Crippen molar-refractivity contribution in [1.29, 1.82) is 0 Å². The lowest BCUT2D eigenvalue weighted by atomic mass is 9.79. The van der Waals surface area contributed by atoms with Gasteiger partial charge in [0.25, 0.3) is 0 Å². The van der Waals surface area contributed by atoms with E-state index in [0.717, 1.165) is 6.42 Å². The van der Waals surface area contributed by atoms with Crippen molar-refractivity contribution in [2.24, 2.45) is 10.8 Å². The summed E-state index contributed by atoms with van der Waals surface area (Å²) in [6, 6.07) is 18.1. The minimum atomic E-state index is 0.211. The van der Waals surface area contributed by atoms with Crippen LogP contribution in [0.1, 0.15) is 88.0 Å². The van der Waals surface area contributed by atoms with E-state index in [1.54, 1.807) is 0 Å². The SMILES string of the molecule is CC(Cc1ccccc1)c1ccc(C(P)C(C)(C)C)c(C(P)C(C)(C)C)c1. The molecule has 2 rings (SSSR count). The third-order valence-electron chi connectivity index (χ3n) is 5.60. The molecule has 0 aliphatic heterocycles. The molecule has 0 amide bonds. The topological polar surface area (TPSA) is 0 Å². The highest BCUT2D eigenvalue weighted by atomic mass is 31.0. The molecule has 0 saturated heterocycles. The first-order chi connectivity index (χ1) is 12.4. The summed E-state index contributed by atoms with van der Waals surface area (Å²) in [5.74, 6) is 0.509. The van der Waals surface area contributed by atoms with Gasteiger partial charge in [-0.05, 0) is 45.4 Å². The fraction of sp³-hybridized carbons (Fsp3) is 0.520. The lowest BCUT2D eigenvalue weighted by Gasteiger charge is -2.35. The summed E-state index contributed by atoms with van der Waals surface area (Å²) in [7, 11) is 6.22. The average molecular weight is 401 g/mol. The fourth-order valence-electron chi connectivity index (χ4n) is 3.47. The van der Waals surface area contributed by atoms with Gasteiger partial charge in [0.1, 0.15) is 0 Å². The molecule has 0 spiro atoms. The summed E-state index contributed by atoms with van der Waals surface area (Å²) in [4.78, 5) is 0. The van der Waals surface area contributed by atoms with E-state index in [0.29, 0.717) is 17.2 Å². The van der Waals surface area contributed by atoms with Crippen LogP contribution in [0, 0.1) is 10.8 Å². The van der Waals surface area contributed by atoms with Crippen molar-refractivity contribution in [3.05, 3.63) is 70.8 Å². The zero-order valence-corrected chi connectivity index (χ0v) is 20.5. The van der Waals surface area contributed by atoms with Crippen LogP contribution < -0.4 is 0 Å². The maximum atomic E-state index is 3.12. The van der Waals surface area contributed by atoms with Gasteiger partial charge in [0.2, 0.25) is 0 Å². The van der Waals surface area contributed by atoms with Crippen LogP contribution in [-0.2, 0) is 6.42 Å². The van der Waals surface area contributed by atoms with Gasteiger partial charge in [0, 0.05) is 11.3 Å². The van der Waals surface area contributed by atoms with Gasteiger partial charge in [-0.1, -0.05) is 97.0 Å². The first kappa shape index (κ1) is 22.6. The minimum absolute atomic E-state index is 0.211. The Labute approximate surface area is 172 Å². The highest BCUT2D eigenvalue weighted by molar-refractivity contribution is 7.17. The molecule has 0 N–H and O–H groups in total. The third kappa shape index (κ3) is 5.89. The molecule has 0 aliphatic carbocycles. The van der Waals surface area contributed by atoms with E-state index < -0.39 is 0 Å². The van der Waals surface area contributed by atoms with Crippen LogP contribution in [0.4, 0.5) is 0 Å². The van der Waals surface area contributed by atoms with Crippen molar-refractivity contribution < 1.29 is 0 Å². The molecule has 27 heavy (non-hydrogen) atoms. The number of hydrogen-bond donors (Lipinski definition) is 0. The van der Waals surface area contributed by atoms with E-state index in [2.05, 4.69) is 115 Å². The van der Waals surface area contributed by atoms with Crippen molar-refractivity contribution in [3.63, 3.8) is 0 Å².